The molecule has 2 saturated heterocycles. The summed E-state index contributed by atoms with van der Waals surface area (Å²) in [7, 11) is 0. The Hall–Kier alpha value is -2.45. The van der Waals surface area contributed by atoms with Gasteiger partial charge in [0.2, 0.25) is 0 Å². The molecule has 0 saturated carbocycles. The van der Waals surface area contributed by atoms with Crippen LogP contribution in [0, 0.1) is 0 Å². The van der Waals surface area contributed by atoms with E-state index >= 15 is 0 Å². The number of hydrogen-bond donors (Lipinski definition) is 1. The van der Waals surface area contributed by atoms with Gasteiger partial charge in [0.05, 0.1) is 34.9 Å². The van der Waals surface area contributed by atoms with Crippen molar-refractivity contribution in [2.45, 2.75) is 6.04 Å². The molecule has 2 aromatic rings. The highest BCUT2D eigenvalue weighted by molar-refractivity contribution is 6.46. The van der Waals surface area contributed by atoms with E-state index in [2.05, 4.69) is 9.88 Å². The number of nitrogens with zero attached hydrogens (tertiary/aromatic N) is 3. The number of morpholine rings is 1. The summed E-state index contributed by atoms with van der Waals surface area (Å²) in [4.78, 5) is 33.6. The van der Waals surface area contributed by atoms with Gasteiger partial charge in [-0.25, -0.2) is 0 Å². The van der Waals surface area contributed by atoms with Crippen LogP contribution in [0.5, 0.6) is 0 Å². The summed E-state index contributed by atoms with van der Waals surface area (Å²) in [5, 5.41) is 11.6. The number of likely N-dealkylation sites (tertiary alicyclic amines) is 1. The van der Waals surface area contributed by atoms with Crippen molar-refractivity contribution >= 4 is 40.7 Å². The molecule has 1 atom stereocenters. The molecule has 31 heavy (non-hydrogen) atoms. The van der Waals surface area contributed by atoms with Crippen LogP contribution in [0.25, 0.3) is 5.76 Å². The van der Waals surface area contributed by atoms with E-state index in [9.17, 15) is 14.7 Å². The van der Waals surface area contributed by atoms with E-state index < -0.39 is 17.7 Å². The number of halogens is 2. The molecule has 2 aliphatic rings. The fourth-order valence-electron chi connectivity index (χ4n) is 3.88. The summed E-state index contributed by atoms with van der Waals surface area (Å²) >= 11 is 12.3. The lowest BCUT2D eigenvalue weighted by Crippen LogP contribution is -2.42. The highest BCUT2D eigenvalue weighted by atomic mass is 35.5. The van der Waals surface area contributed by atoms with Crippen molar-refractivity contribution in [1.82, 2.24) is 14.8 Å². The molecule has 9 heteroatoms. The highest BCUT2D eigenvalue weighted by Crippen LogP contribution is 2.40. The van der Waals surface area contributed by atoms with Crippen LogP contribution in [-0.4, -0.2) is 71.0 Å². The summed E-state index contributed by atoms with van der Waals surface area (Å²) in [6, 6.07) is 7.36. The molecule has 1 amide bonds. The molecule has 0 aliphatic carbocycles. The smallest absolute Gasteiger partial charge is 0.295 e. The Morgan fingerprint density at radius 3 is 2.45 bits per heavy atom. The van der Waals surface area contributed by atoms with Crippen LogP contribution in [0.15, 0.2) is 48.3 Å². The first-order valence-electron chi connectivity index (χ1n) is 9.91. The van der Waals surface area contributed by atoms with Crippen LogP contribution < -0.4 is 0 Å². The van der Waals surface area contributed by atoms with Crippen molar-refractivity contribution in [2.75, 3.05) is 39.4 Å². The van der Waals surface area contributed by atoms with Gasteiger partial charge in [-0.3, -0.25) is 19.5 Å². The lowest BCUT2D eigenvalue weighted by Gasteiger charge is -2.31. The molecule has 1 aromatic carbocycles. The number of pyridine rings is 1. The second kappa shape index (κ2) is 9.36. The molecular weight excluding hydrogens is 441 g/mol. The zero-order chi connectivity index (χ0) is 22.0. The van der Waals surface area contributed by atoms with Crippen LogP contribution in [0.2, 0.25) is 10.0 Å². The first-order valence-corrected chi connectivity index (χ1v) is 10.7. The van der Waals surface area contributed by atoms with Crippen molar-refractivity contribution < 1.29 is 19.4 Å². The fraction of sp³-hybridized carbons (Fsp3) is 0.318. The van der Waals surface area contributed by atoms with Crippen LogP contribution in [0.1, 0.15) is 17.2 Å². The zero-order valence-corrected chi connectivity index (χ0v) is 18.1. The molecule has 162 valence electrons. The molecule has 0 spiro atoms. The largest absolute Gasteiger partial charge is 0.507 e. The first kappa shape index (κ1) is 21.8. The van der Waals surface area contributed by atoms with E-state index in [0.29, 0.717) is 47.5 Å². The SMILES string of the molecule is O=C1C(=O)N(CCN2CCOCC2)C(c2ccc(Cl)c(Cl)c2)C1=C(O)c1ccncc1. The maximum atomic E-state index is 13.0. The third-order valence-electron chi connectivity index (χ3n) is 5.51. The molecule has 2 aliphatic heterocycles. The second-order valence-electron chi connectivity index (χ2n) is 7.36. The van der Waals surface area contributed by atoms with Crippen molar-refractivity contribution in [3.63, 3.8) is 0 Å². The van der Waals surface area contributed by atoms with Crippen molar-refractivity contribution in [3.05, 3.63) is 69.5 Å². The third-order valence-corrected chi connectivity index (χ3v) is 6.25. The van der Waals surface area contributed by atoms with Crippen LogP contribution in [0.4, 0.5) is 0 Å². The lowest BCUT2D eigenvalue weighted by atomic mass is 9.95. The molecule has 1 unspecified atom stereocenters. The maximum Gasteiger partial charge on any atom is 0.295 e. The van der Waals surface area contributed by atoms with Gasteiger partial charge in [0.25, 0.3) is 11.7 Å². The Kier molecular flexibility index (Phi) is 6.57. The number of aliphatic hydroxyl groups excluding tert-OH is 1. The molecule has 2 fully saturated rings. The number of ether oxygens (including phenoxy) is 1. The molecule has 1 aromatic heterocycles. The number of hydrogen-bond acceptors (Lipinski definition) is 6. The van der Waals surface area contributed by atoms with Gasteiger partial charge in [-0.2, -0.15) is 0 Å². The number of carbonyl (C=O) groups is 2. The quantitative estimate of drug-likeness (QED) is 0.418. The lowest BCUT2D eigenvalue weighted by molar-refractivity contribution is -0.140. The van der Waals surface area contributed by atoms with E-state index in [1.165, 1.54) is 17.3 Å². The summed E-state index contributed by atoms with van der Waals surface area (Å²) in [6.07, 6.45) is 3.02. The normalized spacial score (nSPS) is 21.6. The number of benzene rings is 1. The Balaban J connectivity index is 1.75. The Morgan fingerprint density at radius 2 is 1.77 bits per heavy atom. The van der Waals surface area contributed by atoms with Gasteiger partial charge in [-0.15, -0.1) is 0 Å². The molecule has 0 radical (unpaired) electrons. The van der Waals surface area contributed by atoms with Gasteiger partial charge in [-0.05, 0) is 29.8 Å². The van der Waals surface area contributed by atoms with E-state index in [-0.39, 0.29) is 11.3 Å². The zero-order valence-electron chi connectivity index (χ0n) is 16.6. The third kappa shape index (κ3) is 4.45. The predicted octanol–water partition coefficient (Wildman–Crippen LogP) is 3.14. The van der Waals surface area contributed by atoms with E-state index in [1.54, 1.807) is 30.3 Å². The summed E-state index contributed by atoms with van der Waals surface area (Å²) < 4.78 is 5.37. The Morgan fingerprint density at radius 1 is 1.06 bits per heavy atom. The van der Waals surface area contributed by atoms with Crippen LogP contribution in [-0.2, 0) is 14.3 Å². The monoisotopic (exact) mass is 461 g/mol. The number of Topliss-reactive ketones (excluding diaryl/α,β-unsaturated/α-hetero) is 1. The summed E-state index contributed by atoms with van der Waals surface area (Å²) in [6.45, 7) is 3.71. The van der Waals surface area contributed by atoms with E-state index in [1.807, 2.05) is 0 Å². The van der Waals surface area contributed by atoms with Gasteiger partial charge in [0.15, 0.2) is 0 Å². The molecule has 4 rings (SSSR count). The topological polar surface area (TPSA) is 83.0 Å². The van der Waals surface area contributed by atoms with Gasteiger partial charge in [-0.1, -0.05) is 29.3 Å². The molecule has 0 bridgehead atoms. The number of aromatic nitrogens is 1. The average Bonchev–Trinajstić information content (AvgIpc) is 3.05. The molecule has 1 N–H and O–H groups in total. The molecule has 3 heterocycles. The van der Waals surface area contributed by atoms with Crippen LogP contribution >= 0.6 is 23.2 Å². The standard InChI is InChI=1S/C22H21Cl2N3O4/c23-16-2-1-15(13-17(16)24)19-18(20(28)14-3-5-25-6-4-14)21(29)22(30)27(19)8-7-26-9-11-31-12-10-26/h1-6,13,19,28H,7-12H2. The highest BCUT2D eigenvalue weighted by Gasteiger charge is 2.46. The minimum absolute atomic E-state index is 0.0246. The Labute approximate surface area is 189 Å². The fourth-order valence-corrected chi connectivity index (χ4v) is 4.19. The number of carbonyl (C=O) groups excluding carboxylic acids is 2. The molecule has 7 nitrogen and oxygen atoms in total. The van der Waals surface area contributed by atoms with Gasteiger partial charge < -0.3 is 14.7 Å². The van der Waals surface area contributed by atoms with Gasteiger partial charge in [0.1, 0.15) is 5.76 Å². The number of ketones is 1. The van der Waals surface area contributed by atoms with Gasteiger partial charge in [0, 0.05) is 44.1 Å². The van der Waals surface area contributed by atoms with E-state index in [0.717, 1.165) is 13.1 Å². The second-order valence-corrected chi connectivity index (χ2v) is 8.17. The minimum atomic E-state index is -0.774. The summed E-state index contributed by atoms with van der Waals surface area (Å²) in [5.74, 6) is -1.63. The Bertz CT molecular complexity index is 1020. The number of aliphatic hydroxyl groups is 1. The van der Waals surface area contributed by atoms with E-state index in [4.69, 9.17) is 27.9 Å². The minimum Gasteiger partial charge on any atom is -0.507 e. The van der Waals surface area contributed by atoms with Crippen molar-refractivity contribution in [3.8, 4) is 0 Å². The first-order chi connectivity index (χ1) is 15.0. The predicted molar refractivity (Wildman–Crippen MR) is 117 cm³/mol. The van der Waals surface area contributed by atoms with Gasteiger partial charge >= 0.3 is 0 Å². The van der Waals surface area contributed by atoms with Crippen molar-refractivity contribution in [1.29, 1.82) is 0 Å². The summed E-state index contributed by atoms with van der Waals surface area (Å²) in [5.41, 5.74) is 1.04. The number of rotatable bonds is 5. The molecular formula is C22H21Cl2N3O4. The average molecular weight is 462 g/mol. The number of amides is 1. The van der Waals surface area contributed by atoms with Crippen molar-refractivity contribution in [2.24, 2.45) is 0 Å². The maximum absolute atomic E-state index is 13.0. The van der Waals surface area contributed by atoms with Crippen LogP contribution in [0.3, 0.4) is 0 Å².